The van der Waals surface area contributed by atoms with Crippen LogP contribution in [0, 0.1) is 0 Å². The van der Waals surface area contributed by atoms with Gasteiger partial charge in [-0.2, -0.15) is 0 Å². The molecule has 0 aliphatic rings. The van der Waals surface area contributed by atoms with E-state index in [1.165, 1.54) is 0 Å². The normalized spacial score (nSPS) is 11.3. The van der Waals surface area contributed by atoms with E-state index in [0.717, 1.165) is 17.0 Å². The van der Waals surface area contributed by atoms with E-state index in [1.54, 1.807) is 36.4 Å². The molecule has 0 radical (unpaired) electrons. The van der Waals surface area contributed by atoms with Crippen LogP contribution in [0.25, 0.3) is 0 Å². The Bertz CT molecular complexity index is 987. The van der Waals surface area contributed by atoms with Crippen LogP contribution < -0.4 is 20.7 Å². The minimum atomic E-state index is -0.164. The lowest BCUT2D eigenvalue weighted by molar-refractivity contribution is -0.114. The van der Waals surface area contributed by atoms with Gasteiger partial charge in [-0.15, -0.1) is 0 Å². The SMILES string of the molecule is CCOc1ccc(NC(=O)CNc2ccc(C(=O)NC(C)c3ccccc3)cc2)cc1. The van der Waals surface area contributed by atoms with E-state index in [4.69, 9.17) is 4.74 Å². The first-order valence-corrected chi connectivity index (χ1v) is 10.3. The van der Waals surface area contributed by atoms with Gasteiger partial charge in [0.2, 0.25) is 5.91 Å². The molecule has 160 valence electrons. The largest absolute Gasteiger partial charge is 0.494 e. The number of nitrogens with one attached hydrogen (secondary N) is 3. The van der Waals surface area contributed by atoms with E-state index in [0.29, 0.717) is 17.9 Å². The van der Waals surface area contributed by atoms with E-state index < -0.39 is 0 Å². The van der Waals surface area contributed by atoms with E-state index >= 15 is 0 Å². The van der Waals surface area contributed by atoms with Crippen LogP contribution in [-0.4, -0.2) is 25.0 Å². The summed E-state index contributed by atoms with van der Waals surface area (Å²) in [7, 11) is 0. The van der Waals surface area contributed by atoms with Crippen LogP contribution in [0.3, 0.4) is 0 Å². The zero-order chi connectivity index (χ0) is 22.1. The van der Waals surface area contributed by atoms with Gasteiger partial charge in [0, 0.05) is 16.9 Å². The lowest BCUT2D eigenvalue weighted by atomic mass is 10.1. The molecule has 6 nitrogen and oxygen atoms in total. The highest BCUT2D eigenvalue weighted by Gasteiger charge is 2.11. The number of carbonyl (C=O) groups is 2. The fourth-order valence-corrected chi connectivity index (χ4v) is 3.03. The first-order valence-electron chi connectivity index (χ1n) is 10.3. The first kappa shape index (κ1) is 21.9. The Morgan fingerprint density at radius 2 is 1.52 bits per heavy atom. The summed E-state index contributed by atoms with van der Waals surface area (Å²) in [6, 6.07) is 24.0. The van der Waals surface area contributed by atoms with Crippen LogP contribution in [0.4, 0.5) is 11.4 Å². The van der Waals surface area contributed by atoms with Crippen LogP contribution in [0.1, 0.15) is 35.8 Å². The second-order valence-corrected chi connectivity index (χ2v) is 7.04. The topological polar surface area (TPSA) is 79.5 Å². The van der Waals surface area contributed by atoms with Crippen molar-refractivity contribution in [2.75, 3.05) is 23.8 Å². The minimum Gasteiger partial charge on any atom is -0.494 e. The van der Waals surface area contributed by atoms with Gasteiger partial charge >= 0.3 is 0 Å². The Balaban J connectivity index is 1.47. The standard InChI is InChI=1S/C25H27N3O3/c1-3-31-23-15-13-22(14-16-23)28-24(29)17-26-21-11-9-20(10-12-21)25(30)27-18(2)19-7-5-4-6-8-19/h4-16,18,26H,3,17H2,1-2H3,(H,27,30)(H,28,29). The van der Waals surface area contributed by atoms with Crippen molar-refractivity contribution in [1.29, 1.82) is 0 Å². The maximum atomic E-state index is 12.5. The van der Waals surface area contributed by atoms with Crippen LogP contribution >= 0.6 is 0 Å². The summed E-state index contributed by atoms with van der Waals surface area (Å²) in [5.74, 6) is 0.458. The lowest BCUT2D eigenvalue weighted by Gasteiger charge is -2.14. The molecular formula is C25H27N3O3. The number of hydrogen-bond donors (Lipinski definition) is 3. The van der Waals surface area contributed by atoms with Gasteiger partial charge in [0.15, 0.2) is 0 Å². The Morgan fingerprint density at radius 3 is 2.16 bits per heavy atom. The van der Waals surface area contributed by atoms with Crippen LogP contribution in [0.5, 0.6) is 5.75 Å². The summed E-state index contributed by atoms with van der Waals surface area (Å²) in [6.07, 6.45) is 0. The Kier molecular flexibility index (Phi) is 7.65. The molecule has 2 amide bonds. The van der Waals surface area contributed by atoms with Crippen molar-refractivity contribution in [3.8, 4) is 5.75 Å². The fourth-order valence-electron chi connectivity index (χ4n) is 3.03. The molecule has 3 aromatic carbocycles. The van der Waals surface area contributed by atoms with Gasteiger partial charge in [0.05, 0.1) is 19.2 Å². The third-order valence-electron chi connectivity index (χ3n) is 4.70. The monoisotopic (exact) mass is 417 g/mol. The molecule has 0 aliphatic heterocycles. The van der Waals surface area contributed by atoms with Crippen molar-refractivity contribution in [1.82, 2.24) is 5.32 Å². The molecule has 0 heterocycles. The van der Waals surface area contributed by atoms with E-state index in [-0.39, 0.29) is 24.4 Å². The highest BCUT2D eigenvalue weighted by atomic mass is 16.5. The Labute approximate surface area is 182 Å². The van der Waals surface area contributed by atoms with Gasteiger partial charge in [0.1, 0.15) is 5.75 Å². The van der Waals surface area contributed by atoms with Gasteiger partial charge in [-0.05, 0) is 67.9 Å². The van der Waals surface area contributed by atoms with Gasteiger partial charge < -0.3 is 20.7 Å². The highest BCUT2D eigenvalue weighted by molar-refractivity contribution is 5.95. The summed E-state index contributed by atoms with van der Waals surface area (Å²) >= 11 is 0. The summed E-state index contributed by atoms with van der Waals surface area (Å²) in [5.41, 5.74) is 3.07. The first-order chi connectivity index (χ1) is 15.0. The van der Waals surface area contributed by atoms with E-state index in [1.807, 2.05) is 56.3 Å². The third-order valence-corrected chi connectivity index (χ3v) is 4.70. The number of carbonyl (C=O) groups excluding carboxylic acids is 2. The molecule has 3 aromatic rings. The van der Waals surface area contributed by atoms with E-state index in [9.17, 15) is 9.59 Å². The molecule has 0 saturated carbocycles. The smallest absolute Gasteiger partial charge is 0.251 e. The maximum absolute atomic E-state index is 12.5. The summed E-state index contributed by atoms with van der Waals surface area (Å²) < 4.78 is 5.39. The van der Waals surface area contributed by atoms with Crippen molar-refractivity contribution >= 4 is 23.2 Å². The van der Waals surface area contributed by atoms with Crippen molar-refractivity contribution in [3.63, 3.8) is 0 Å². The van der Waals surface area contributed by atoms with Gasteiger partial charge in [0.25, 0.3) is 5.91 Å². The summed E-state index contributed by atoms with van der Waals surface area (Å²) in [5, 5.41) is 8.88. The molecule has 6 heteroatoms. The Morgan fingerprint density at radius 1 is 0.871 bits per heavy atom. The van der Waals surface area contributed by atoms with Crippen molar-refractivity contribution < 1.29 is 14.3 Å². The number of benzene rings is 3. The van der Waals surface area contributed by atoms with Gasteiger partial charge in [-0.1, -0.05) is 30.3 Å². The third kappa shape index (κ3) is 6.60. The zero-order valence-corrected chi connectivity index (χ0v) is 17.7. The number of rotatable bonds is 9. The molecule has 0 saturated heterocycles. The van der Waals surface area contributed by atoms with Gasteiger partial charge in [-0.25, -0.2) is 0 Å². The number of amides is 2. The molecular weight excluding hydrogens is 390 g/mol. The average Bonchev–Trinajstić information content (AvgIpc) is 2.80. The van der Waals surface area contributed by atoms with E-state index in [2.05, 4.69) is 16.0 Å². The molecule has 31 heavy (non-hydrogen) atoms. The fraction of sp³-hybridized carbons (Fsp3) is 0.200. The van der Waals surface area contributed by atoms with Crippen molar-refractivity contribution in [3.05, 3.63) is 90.0 Å². The molecule has 3 rings (SSSR count). The second kappa shape index (κ2) is 10.8. The zero-order valence-electron chi connectivity index (χ0n) is 17.7. The number of ether oxygens (including phenoxy) is 1. The van der Waals surface area contributed by atoms with Gasteiger partial charge in [-0.3, -0.25) is 9.59 Å². The maximum Gasteiger partial charge on any atom is 0.251 e. The molecule has 3 N–H and O–H groups in total. The molecule has 0 spiro atoms. The minimum absolute atomic E-state index is 0.0854. The Hall–Kier alpha value is -3.80. The van der Waals surface area contributed by atoms with Crippen LogP contribution in [0.15, 0.2) is 78.9 Å². The predicted octanol–water partition coefficient (Wildman–Crippen LogP) is 4.63. The van der Waals surface area contributed by atoms with Crippen molar-refractivity contribution in [2.45, 2.75) is 19.9 Å². The predicted molar refractivity (Wildman–Crippen MR) is 123 cm³/mol. The molecule has 1 atom stereocenters. The van der Waals surface area contributed by atoms with Crippen molar-refractivity contribution in [2.24, 2.45) is 0 Å². The molecule has 0 aliphatic carbocycles. The lowest BCUT2D eigenvalue weighted by Crippen LogP contribution is -2.26. The molecule has 0 fully saturated rings. The summed E-state index contributed by atoms with van der Waals surface area (Å²) in [4.78, 5) is 24.6. The molecule has 0 bridgehead atoms. The average molecular weight is 418 g/mol. The molecule has 0 aromatic heterocycles. The quantitative estimate of drug-likeness (QED) is 0.474. The second-order valence-electron chi connectivity index (χ2n) is 7.04. The van der Waals surface area contributed by atoms with Crippen LogP contribution in [-0.2, 0) is 4.79 Å². The number of hydrogen-bond acceptors (Lipinski definition) is 4. The number of anilines is 2. The summed E-state index contributed by atoms with van der Waals surface area (Å²) in [6.45, 7) is 4.59. The highest BCUT2D eigenvalue weighted by Crippen LogP contribution is 2.16. The van der Waals surface area contributed by atoms with Crippen LogP contribution in [0.2, 0.25) is 0 Å². The molecule has 1 unspecified atom stereocenters.